The highest BCUT2D eigenvalue weighted by Gasteiger charge is 2.38. The lowest BCUT2D eigenvalue weighted by atomic mass is 9.97. The fourth-order valence-electron chi connectivity index (χ4n) is 3.97. The Morgan fingerprint density at radius 3 is 2.71 bits per heavy atom. The molecule has 0 aromatic carbocycles. The van der Waals surface area contributed by atoms with Crippen molar-refractivity contribution in [1.29, 1.82) is 0 Å². The van der Waals surface area contributed by atoms with Crippen molar-refractivity contribution in [2.24, 2.45) is 7.05 Å². The minimum absolute atomic E-state index is 0.338. The van der Waals surface area contributed by atoms with Crippen molar-refractivity contribution in [3.63, 3.8) is 0 Å². The molecule has 0 bridgehead atoms. The Bertz CT molecular complexity index is 505. The van der Waals surface area contributed by atoms with Crippen LogP contribution in [0, 0.1) is 6.92 Å². The first-order chi connectivity index (χ1) is 10.0. The lowest BCUT2D eigenvalue weighted by molar-refractivity contribution is 0.156. The summed E-state index contributed by atoms with van der Waals surface area (Å²) >= 11 is 6.45. The Morgan fingerprint density at radius 1 is 1.38 bits per heavy atom. The summed E-state index contributed by atoms with van der Waals surface area (Å²) in [7, 11) is 2.00. The van der Waals surface area contributed by atoms with E-state index in [2.05, 4.69) is 22.2 Å². The molecule has 2 heterocycles. The van der Waals surface area contributed by atoms with Crippen molar-refractivity contribution in [3.8, 4) is 0 Å². The largest absolute Gasteiger partial charge is 0.310 e. The van der Waals surface area contributed by atoms with Gasteiger partial charge in [-0.3, -0.25) is 9.58 Å². The van der Waals surface area contributed by atoms with E-state index >= 15 is 0 Å². The van der Waals surface area contributed by atoms with E-state index in [4.69, 9.17) is 11.6 Å². The standard InChI is InChI=1S/C16H27ClN4/c1-12-6-9-18-16(7-4-5-8-16)11-21(12)10-14-15(17)13(2)19-20(14)3/h12,18H,4-11H2,1-3H3. The third-order valence-corrected chi connectivity index (χ3v) is 5.86. The van der Waals surface area contributed by atoms with Gasteiger partial charge in [0.05, 0.1) is 16.4 Å². The smallest absolute Gasteiger partial charge is 0.0860 e. The summed E-state index contributed by atoms with van der Waals surface area (Å²) in [5, 5.41) is 9.13. The van der Waals surface area contributed by atoms with Crippen molar-refractivity contribution in [2.45, 2.75) is 64.1 Å². The van der Waals surface area contributed by atoms with Crippen molar-refractivity contribution in [2.75, 3.05) is 13.1 Å². The normalized spacial score (nSPS) is 26.4. The molecule has 21 heavy (non-hydrogen) atoms. The van der Waals surface area contributed by atoms with Gasteiger partial charge >= 0.3 is 0 Å². The van der Waals surface area contributed by atoms with Crippen LogP contribution in [0.5, 0.6) is 0 Å². The van der Waals surface area contributed by atoms with Gasteiger partial charge in [0, 0.05) is 31.7 Å². The van der Waals surface area contributed by atoms with Gasteiger partial charge < -0.3 is 5.32 Å². The molecule has 0 radical (unpaired) electrons. The highest BCUT2D eigenvalue weighted by molar-refractivity contribution is 6.31. The van der Waals surface area contributed by atoms with Crippen molar-refractivity contribution >= 4 is 11.6 Å². The van der Waals surface area contributed by atoms with Crippen molar-refractivity contribution in [3.05, 3.63) is 16.4 Å². The molecule has 3 rings (SSSR count). The predicted octanol–water partition coefficient (Wildman–Crippen LogP) is 2.88. The number of nitrogens with one attached hydrogen (secondary N) is 1. The van der Waals surface area contributed by atoms with E-state index in [0.717, 1.165) is 36.0 Å². The first kappa shape index (κ1) is 15.3. The van der Waals surface area contributed by atoms with Crippen LogP contribution in [-0.4, -0.2) is 39.4 Å². The lowest BCUT2D eigenvalue weighted by Crippen LogP contribution is -2.50. The van der Waals surface area contributed by atoms with E-state index in [-0.39, 0.29) is 0 Å². The zero-order valence-corrected chi connectivity index (χ0v) is 14.2. The number of rotatable bonds is 2. The van der Waals surface area contributed by atoms with Gasteiger partial charge in [-0.15, -0.1) is 0 Å². The summed E-state index contributed by atoms with van der Waals surface area (Å²) in [4.78, 5) is 2.60. The zero-order chi connectivity index (χ0) is 15.0. The first-order valence-electron chi connectivity index (χ1n) is 8.18. The fourth-order valence-corrected chi connectivity index (χ4v) is 4.19. The maximum Gasteiger partial charge on any atom is 0.0860 e. The highest BCUT2D eigenvalue weighted by atomic mass is 35.5. The molecule has 1 spiro atoms. The molecule has 4 nitrogen and oxygen atoms in total. The SMILES string of the molecule is Cc1nn(C)c(CN2CC3(CCCC3)NCCC2C)c1Cl. The maximum absolute atomic E-state index is 6.45. The van der Waals surface area contributed by atoms with Crippen LogP contribution in [-0.2, 0) is 13.6 Å². The van der Waals surface area contributed by atoms with E-state index in [9.17, 15) is 0 Å². The summed E-state index contributed by atoms with van der Waals surface area (Å²) < 4.78 is 1.95. The highest BCUT2D eigenvalue weighted by Crippen LogP contribution is 2.34. The summed E-state index contributed by atoms with van der Waals surface area (Å²) in [5.41, 5.74) is 2.42. The van der Waals surface area contributed by atoms with Crippen LogP contribution in [0.15, 0.2) is 0 Å². The molecule has 0 amide bonds. The van der Waals surface area contributed by atoms with Gasteiger partial charge in [0.25, 0.3) is 0 Å². The molecule has 1 unspecified atom stereocenters. The molecular weight excluding hydrogens is 284 g/mol. The van der Waals surface area contributed by atoms with E-state index in [1.807, 2.05) is 18.7 Å². The number of aromatic nitrogens is 2. The number of hydrogen-bond donors (Lipinski definition) is 1. The van der Waals surface area contributed by atoms with Crippen LogP contribution in [0.3, 0.4) is 0 Å². The Morgan fingerprint density at radius 2 is 2.10 bits per heavy atom. The molecule has 1 N–H and O–H groups in total. The third-order valence-electron chi connectivity index (χ3n) is 5.37. The van der Waals surface area contributed by atoms with Gasteiger partial charge in [-0.2, -0.15) is 5.10 Å². The molecule has 1 saturated heterocycles. The van der Waals surface area contributed by atoms with E-state index in [1.54, 1.807) is 0 Å². The maximum atomic E-state index is 6.45. The topological polar surface area (TPSA) is 33.1 Å². The van der Waals surface area contributed by atoms with Gasteiger partial charge in [0.1, 0.15) is 0 Å². The molecule has 1 aromatic heterocycles. The molecule has 1 aliphatic heterocycles. The van der Waals surface area contributed by atoms with Crippen LogP contribution in [0.1, 0.15) is 50.4 Å². The molecule has 2 aliphatic rings. The third kappa shape index (κ3) is 2.99. The van der Waals surface area contributed by atoms with Gasteiger partial charge in [0.2, 0.25) is 0 Å². The molecule has 2 fully saturated rings. The fraction of sp³-hybridized carbons (Fsp3) is 0.812. The molecule has 118 valence electrons. The Balaban J connectivity index is 1.81. The van der Waals surface area contributed by atoms with Crippen LogP contribution < -0.4 is 5.32 Å². The zero-order valence-electron chi connectivity index (χ0n) is 13.5. The summed E-state index contributed by atoms with van der Waals surface area (Å²) in [5.74, 6) is 0. The van der Waals surface area contributed by atoms with E-state index in [0.29, 0.717) is 11.6 Å². The first-order valence-corrected chi connectivity index (χ1v) is 8.56. The van der Waals surface area contributed by atoms with Crippen LogP contribution in [0.25, 0.3) is 0 Å². The summed E-state index contributed by atoms with van der Waals surface area (Å²) in [6, 6.07) is 0.587. The Hall–Kier alpha value is -0.580. The van der Waals surface area contributed by atoms with Gasteiger partial charge in [0.15, 0.2) is 0 Å². The predicted molar refractivity (Wildman–Crippen MR) is 86.6 cm³/mol. The van der Waals surface area contributed by atoms with Crippen LogP contribution in [0.2, 0.25) is 5.02 Å². The lowest BCUT2D eigenvalue weighted by Gasteiger charge is -2.35. The van der Waals surface area contributed by atoms with Gasteiger partial charge in [-0.05, 0) is 39.7 Å². The molecule has 1 aromatic rings. The second-order valence-corrected chi connectivity index (χ2v) is 7.30. The van der Waals surface area contributed by atoms with Crippen LogP contribution in [0.4, 0.5) is 0 Å². The van der Waals surface area contributed by atoms with Crippen molar-refractivity contribution in [1.82, 2.24) is 20.0 Å². The number of nitrogens with zero attached hydrogens (tertiary/aromatic N) is 3. The molecule has 1 saturated carbocycles. The molecule has 5 heteroatoms. The number of hydrogen-bond acceptors (Lipinski definition) is 3. The minimum Gasteiger partial charge on any atom is -0.310 e. The average Bonchev–Trinajstić information content (AvgIpc) is 2.93. The van der Waals surface area contributed by atoms with Crippen molar-refractivity contribution < 1.29 is 0 Å². The van der Waals surface area contributed by atoms with Crippen LogP contribution >= 0.6 is 11.6 Å². The summed E-state index contributed by atoms with van der Waals surface area (Å²) in [6.07, 6.45) is 6.56. The molecule has 1 aliphatic carbocycles. The second kappa shape index (κ2) is 5.90. The molecular formula is C16H27ClN4. The van der Waals surface area contributed by atoms with E-state index in [1.165, 1.54) is 32.1 Å². The quantitative estimate of drug-likeness (QED) is 0.912. The second-order valence-electron chi connectivity index (χ2n) is 6.93. The average molecular weight is 311 g/mol. The summed E-state index contributed by atoms with van der Waals surface area (Å²) in [6.45, 7) is 7.50. The Labute approximate surface area is 132 Å². The molecule has 1 atom stereocenters. The number of halogens is 1. The number of aryl methyl sites for hydroxylation is 2. The minimum atomic E-state index is 0.338. The monoisotopic (exact) mass is 310 g/mol. The van der Waals surface area contributed by atoms with Gasteiger partial charge in [-0.25, -0.2) is 0 Å². The van der Waals surface area contributed by atoms with E-state index < -0.39 is 0 Å². The Kier molecular flexibility index (Phi) is 4.30. The van der Waals surface area contributed by atoms with Gasteiger partial charge in [-0.1, -0.05) is 24.4 Å².